The molecule has 0 saturated carbocycles. The third-order valence-corrected chi connectivity index (χ3v) is 4.05. The fraction of sp³-hybridized carbons (Fsp3) is 0.200. The van der Waals surface area contributed by atoms with Crippen LogP contribution in [0.4, 0.5) is 11.4 Å². The number of nitrogens with zero attached hydrogens (tertiary/aromatic N) is 1. The van der Waals surface area contributed by atoms with Crippen molar-refractivity contribution in [3.8, 4) is 5.75 Å². The van der Waals surface area contributed by atoms with Crippen molar-refractivity contribution < 1.29 is 4.74 Å². The van der Waals surface area contributed by atoms with Crippen LogP contribution in [0.15, 0.2) is 46.9 Å². The zero-order chi connectivity index (χ0) is 12.5. The van der Waals surface area contributed by atoms with Gasteiger partial charge < -0.3 is 9.64 Å². The molecule has 0 aromatic heterocycles. The van der Waals surface area contributed by atoms with Crippen LogP contribution in [0.2, 0.25) is 0 Å². The summed E-state index contributed by atoms with van der Waals surface area (Å²) in [5, 5.41) is 0. The molecule has 0 unspecified atom stereocenters. The van der Waals surface area contributed by atoms with Gasteiger partial charge in [0.15, 0.2) is 0 Å². The van der Waals surface area contributed by atoms with Gasteiger partial charge in [-0.2, -0.15) is 0 Å². The Balaban J connectivity index is 2.05. The molecule has 18 heavy (non-hydrogen) atoms. The minimum Gasteiger partial charge on any atom is -0.490 e. The summed E-state index contributed by atoms with van der Waals surface area (Å²) in [6.07, 6.45) is 0. The molecule has 2 nitrogen and oxygen atoms in total. The van der Waals surface area contributed by atoms with Crippen molar-refractivity contribution in [2.45, 2.75) is 6.92 Å². The van der Waals surface area contributed by atoms with E-state index in [-0.39, 0.29) is 0 Å². The van der Waals surface area contributed by atoms with Gasteiger partial charge in [0.2, 0.25) is 0 Å². The molecular weight excluding hydrogens is 290 g/mol. The molecule has 0 spiro atoms. The van der Waals surface area contributed by atoms with Crippen molar-refractivity contribution in [3.05, 3.63) is 52.5 Å². The summed E-state index contributed by atoms with van der Waals surface area (Å²) >= 11 is 3.59. The molecule has 0 fully saturated rings. The van der Waals surface area contributed by atoms with Crippen molar-refractivity contribution in [3.63, 3.8) is 0 Å². The molecule has 1 aliphatic rings. The van der Waals surface area contributed by atoms with Gasteiger partial charge in [-0.1, -0.05) is 34.1 Å². The van der Waals surface area contributed by atoms with Gasteiger partial charge in [0.1, 0.15) is 12.4 Å². The highest BCUT2D eigenvalue weighted by atomic mass is 79.9. The van der Waals surface area contributed by atoms with Crippen LogP contribution in [0, 0.1) is 6.92 Å². The standard InChI is InChI=1S/C15H14BrNO/c1-11-6-7-12(10-13(11)16)17-8-9-18-15-5-3-2-4-14(15)17/h2-7,10H,8-9H2,1H3. The van der Waals surface area contributed by atoms with Gasteiger partial charge in [0, 0.05) is 10.2 Å². The van der Waals surface area contributed by atoms with Crippen LogP contribution < -0.4 is 9.64 Å². The van der Waals surface area contributed by atoms with Crippen molar-refractivity contribution in [1.82, 2.24) is 0 Å². The van der Waals surface area contributed by atoms with Crippen LogP contribution in [0.1, 0.15) is 5.56 Å². The van der Waals surface area contributed by atoms with Gasteiger partial charge in [-0.25, -0.2) is 0 Å². The molecule has 0 amide bonds. The highest BCUT2D eigenvalue weighted by Gasteiger charge is 2.18. The van der Waals surface area contributed by atoms with E-state index in [0.717, 1.165) is 29.1 Å². The average molecular weight is 304 g/mol. The molecule has 2 aromatic rings. The molecule has 0 saturated heterocycles. The first-order valence-corrected chi connectivity index (χ1v) is 6.80. The second-order valence-electron chi connectivity index (χ2n) is 4.40. The molecule has 1 heterocycles. The Kier molecular flexibility index (Phi) is 3.00. The number of hydrogen-bond acceptors (Lipinski definition) is 2. The molecule has 0 bridgehead atoms. The summed E-state index contributed by atoms with van der Waals surface area (Å²) in [6, 6.07) is 14.6. The summed E-state index contributed by atoms with van der Waals surface area (Å²) in [4.78, 5) is 2.29. The minimum atomic E-state index is 0.725. The highest BCUT2D eigenvalue weighted by Crippen LogP contribution is 2.37. The molecule has 0 aliphatic carbocycles. The molecule has 1 aliphatic heterocycles. The van der Waals surface area contributed by atoms with E-state index in [0.29, 0.717) is 0 Å². The summed E-state index contributed by atoms with van der Waals surface area (Å²) in [7, 11) is 0. The van der Waals surface area contributed by atoms with Gasteiger partial charge in [-0.3, -0.25) is 0 Å². The topological polar surface area (TPSA) is 12.5 Å². The Morgan fingerprint density at radius 2 is 2.00 bits per heavy atom. The third kappa shape index (κ3) is 1.99. The van der Waals surface area contributed by atoms with E-state index < -0.39 is 0 Å². The van der Waals surface area contributed by atoms with E-state index in [9.17, 15) is 0 Å². The summed E-state index contributed by atoms with van der Waals surface area (Å²) in [6.45, 7) is 3.70. The second kappa shape index (κ2) is 4.65. The number of halogens is 1. The van der Waals surface area contributed by atoms with Gasteiger partial charge in [-0.15, -0.1) is 0 Å². The maximum atomic E-state index is 5.68. The van der Waals surface area contributed by atoms with E-state index in [2.05, 4.69) is 52.0 Å². The van der Waals surface area contributed by atoms with Gasteiger partial charge >= 0.3 is 0 Å². The van der Waals surface area contributed by atoms with Crippen molar-refractivity contribution in [2.24, 2.45) is 0 Å². The number of aryl methyl sites for hydroxylation is 1. The normalized spacial score (nSPS) is 14.0. The smallest absolute Gasteiger partial charge is 0.143 e. The predicted octanol–water partition coefficient (Wildman–Crippen LogP) is 4.29. The van der Waals surface area contributed by atoms with Crippen LogP contribution in [0.25, 0.3) is 0 Å². The van der Waals surface area contributed by atoms with Crippen molar-refractivity contribution in [1.29, 1.82) is 0 Å². The fourth-order valence-electron chi connectivity index (χ4n) is 2.19. The van der Waals surface area contributed by atoms with Crippen LogP contribution in [-0.4, -0.2) is 13.2 Å². The first-order chi connectivity index (χ1) is 8.75. The van der Waals surface area contributed by atoms with Crippen LogP contribution in [0.3, 0.4) is 0 Å². The maximum absolute atomic E-state index is 5.68. The third-order valence-electron chi connectivity index (χ3n) is 3.20. The number of benzene rings is 2. The molecule has 3 rings (SSSR count). The van der Waals surface area contributed by atoms with E-state index >= 15 is 0 Å². The Hall–Kier alpha value is -1.48. The van der Waals surface area contributed by atoms with Crippen molar-refractivity contribution >= 4 is 27.3 Å². The van der Waals surface area contributed by atoms with E-state index in [1.54, 1.807) is 0 Å². The first kappa shape index (κ1) is 11.6. The Labute approximate surface area is 115 Å². The Morgan fingerprint density at radius 1 is 1.17 bits per heavy atom. The van der Waals surface area contributed by atoms with E-state index in [4.69, 9.17) is 4.74 Å². The monoisotopic (exact) mass is 303 g/mol. The van der Waals surface area contributed by atoms with Crippen LogP contribution >= 0.6 is 15.9 Å². The second-order valence-corrected chi connectivity index (χ2v) is 5.26. The largest absolute Gasteiger partial charge is 0.490 e. The minimum absolute atomic E-state index is 0.725. The first-order valence-electron chi connectivity index (χ1n) is 6.01. The number of rotatable bonds is 1. The van der Waals surface area contributed by atoms with Crippen molar-refractivity contribution in [2.75, 3.05) is 18.1 Å². The zero-order valence-electron chi connectivity index (χ0n) is 10.2. The number of para-hydroxylation sites is 2. The van der Waals surface area contributed by atoms with Gasteiger partial charge in [0.05, 0.1) is 12.2 Å². The summed E-state index contributed by atoms with van der Waals surface area (Å²) < 4.78 is 6.82. The lowest BCUT2D eigenvalue weighted by molar-refractivity contribution is 0.314. The predicted molar refractivity (Wildman–Crippen MR) is 77.8 cm³/mol. The molecule has 2 aromatic carbocycles. The van der Waals surface area contributed by atoms with E-state index in [1.807, 2.05) is 18.2 Å². The fourth-order valence-corrected chi connectivity index (χ4v) is 2.55. The highest BCUT2D eigenvalue weighted by molar-refractivity contribution is 9.10. The zero-order valence-corrected chi connectivity index (χ0v) is 11.8. The number of hydrogen-bond donors (Lipinski definition) is 0. The van der Waals surface area contributed by atoms with Gasteiger partial charge in [0.25, 0.3) is 0 Å². The lowest BCUT2D eigenvalue weighted by Crippen LogP contribution is -2.28. The number of anilines is 2. The van der Waals surface area contributed by atoms with Crippen LogP contribution in [-0.2, 0) is 0 Å². The van der Waals surface area contributed by atoms with Gasteiger partial charge in [-0.05, 0) is 36.8 Å². The quantitative estimate of drug-likeness (QED) is 0.779. The Morgan fingerprint density at radius 3 is 2.83 bits per heavy atom. The molecule has 0 radical (unpaired) electrons. The maximum Gasteiger partial charge on any atom is 0.143 e. The number of fused-ring (bicyclic) bond motifs is 1. The number of ether oxygens (including phenoxy) is 1. The van der Waals surface area contributed by atoms with Crippen LogP contribution in [0.5, 0.6) is 5.75 Å². The van der Waals surface area contributed by atoms with E-state index in [1.165, 1.54) is 11.3 Å². The molecule has 3 heteroatoms. The molecule has 92 valence electrons. The summed E-state index contributed by atoms with van der Waals surface area (Å²) in [5.41, 5.74) is 3.59. The summed E-state index contributed by atoms with van der Waals surface area (Å²) in [5.74, 6) is 0.959. The SMILES string of the molecule is Cc1ccc(N2CCOc3ccccc32)cc1Br. The lowest BCUT2D eigenvalue weighted by atomic mass is 10.1. The Bertz CT molecular complexity index is 582. The molecule has 0 atom stereocenters. The molecule has 0 N–H and O–H groups in total. The average Bonchev–Trinajstić information content (AvgIpc) is 2.41. The molecular formula is C15H14BrNO. The lowest BCUT2D eigenvalue weighted by Gasteiger charge is -2.31.